The number of nitrogens with zero attached hydrogens (tertiary/aromatic N) is 2. The molecule has 3 atom stereocenters. The zero-order valence-corrected chi connectivity index (χ0v) is 14.2. The monoisotopic (exact) mass is 340 g/mol. The van der Waals surface area contributed by atoms with Crippen LogP contribution in [0.15, 0.2) is 42.7 Å². The number of amides is 2. The molecular formula is C19H24N4O2. The molecule has 132 valence electrons. The highest BCUT2D eigenvalue weighted by Crippen LogP contribution is 2.32. The van der Waals surface area contributed by atoms with Crippen LogP contribution in [0.25, 0.3) is 0 Å². The smallest absolute Gasteiger partial charge is 0.318 e. The third-order valence-electron chi connectivity index (χ3n) is 5.20. The molecule has 2 fully saturated rings. The van der Waals surface area contributed by atoms with Gasteiger partial charge in [-0.3, -0.25) is 5.10 Å². The van der Waals surface area contributed by atoms with Crippen molar-refractivity contribution in [2.45, 2.75) is 43.9 Å². The summed E-state index contributed by atoms with van der Waals surface area (Å²) in [6, 6.07) is 10.3. The highest BCUT2D eigenvalue weighted by molar-refractivity contribution is 5.75. The van der Waals surface area contributed by atoms with E-state index in [-0.39, 0.29) is 24.2 Å². The van der Waals surface area contributed by atoms with Gasteiger partial charge >= 0.3 is 6.03 Å². The van der Waals surface area contributed by atoms with Gasteiger partial charge in [0.1, 0.15) is 6.10 Å². The number of H-pyrrole nitrogens is 1. The minimum Gasteiger partial charge on any atom is -0.371 e. The first-order chi connectivity index (χ1) is 12.3. The van der Waals surface area contributed by atoms with E-state index in [1.165, 1.54) is 0 Å². The van der Waals surface area contributed by atoms with Crippen LogP contribution in [0.2, 0.25) is 0 Å². The third kappa shape index (κ3) is 3.39. The lowest BCUT2D eigenvalue weighted by molar-refractivity contribution is 0.0951. The van der Waals surface area contributed by atoms with Gasteiger partial charge in [0, 0.05) is 24.9 Å². The Bertz CT molecular complexity index is 689. The number of aromatic amines is 1. The van der Waals surface area contributed by atoms with Gasteiger partial charge in [0.2, 0.25) is 0 Å². The number of ether oxygens (including phenoxy) is 1. The third-order valence-corrected chi connectivity index (χ3v) is 5.20. The van der Waals surface area contributed by atoms with Crippen molar-refractivity contribution in [1.82, 2.24) is 20.4 Å². The quantitative estimate of drug-likeness (QED) is 0.901. The normalized spacial score (nSPS) is 26.6. The Morgan fingerprint density at radius 2 is 2.08 bits per heavy atom. The summed E-state index contributed by atoms with van der Waals surface area (Å²) in [5.74, 6) is 0. The molecule has 2 aliphatic rings. The molecule has 0 spiro atoms. The number of aromatic nitrogens is 2. The van der Waals surface area contributed by atoms with Crippen molar-refractivity contribution in [3.05, 3.63) is 53.9 Å². The van der Waals surface area contributed by atoms with E-state index in [0.29, 0.717) is 6.61 Å². The van der Waals surface area contributed by atoms with E-state index in [2.05, 4.69) is 27.6 Å². The van der Waals surface area contributed by atoms with Gasteiger partial charge in [-0.05, 0) is 31.2 Å². The molecule has 6 heteroatoms. The molecule has 3 heterocycles. The molecule has 0 radical (unpaired) electrons. The molecular weight excluding hydrogens is 316 g/mol. The van der Waals surface area contributed by atoms with Gasteiger partial charge in [-0.2, -0.15) is 5.10 Å². The number of carbonyl (C=O) groups excluding carboxylic acids is 1. The molecule has 1 aromatic heterocycles. The number of hydrogen-bond donors (Lipinski definition) is 2. The van der Waals surface area contributed by atoms with E-state index in [0.717, 1.165) is 43.4 Å². The number of carbonyl (C=O) groups is 1. The number of rotatable bonds is 3. The fraction of sp³-hybridized carbons (Fsp3) is 0.474. The van der Waals surface area contributed by atoms with E-state index in [1.54, 1.807) is 0 Å². The first-order valence-electron chi connectivity index (χ1n) is 9.05. The fourth-order valence-corrected chi connectivity index (χ4v) is 3.91. The lowest BCUT2D eigenvalue weighted by atomic mass is 9.97. The van der Waals surface area contributed by atoms with Crippen molar-refractivity contribution >= 4 is 6.03 Å². The van der Waals surface area contributed by atoms with Crippen molar-refractivity contribution in [3.63, 3.8) is 0 Å². The summed E-state index contributed by atoms with van der Waals surface area (Å²) in [5.41, 5.74) is 2.20. The maximum absolute atomic E-state index is 13.0. The minimum absolute atomic E-state index is 0.00216. The van der Waals surface area contributed by atoms with Gasteiger partial charge in [0.25, 0.3) is 0 Å². The molecule has 6 nitrogen and oxygen atoms in total. The number of hydrogen-bond acceptors (Lipinski definition) is 3. The van der Waals surface area contributed by atoms with Gasteiger partial charge in [-0.25, -0.2) is 4.79 Å². The van der Waals surface area contributed by atoms with Crippen molar-refractivity contribution in [3.8, 4) is 0 Å². The molecule has 0 aliphatic carbocycles. The average Bonchev–Trinajstić information content (AvgIpc) is 3.34. The number of likely N-dealkylation sites (tertiary alicyclic amines) is 1. The molecule has 2 aliphatic heterocycles. The van der Waals surface area contributed by atoms with Crippen molar-refractivity contribution in [2.75, 3.05) is 13.2 Å². The predicted octanol–water partition coefficient (Wildman–Crippen LogP) is 3.18. The van der Waals surface area contributed by atoms with Crippen LogP contribution in [0.5, 0.6) is 0 Å². The minimum atomic E-state index is -0.0673. The van der Waals surface area contributed by atoms with Crippen molar-refractivity contribution < 1.29 is 9.53 Å². The first-order valence-corrected chi connectivity index (χ1v) is 9.05. The molecule has 4 rings (SSSR count). The van der Waals surface area contributed by atoms with Gasteiger partial charge in [0.05, 0.1) is 18.3 Å². The second kappa shape index (κ2) is 7.27. The van der Waals surface area contributed by atoms with Gasteiger partial charge in [-0.1, -0.05) is 30.3 Å². The molecule has 0 bridgehead atoms. The van der Waals surface area contributed by atoms with Crippen LogP contribution in [-0.4, -0.2) is 40.3 Å². The van der Waals surface area contributed by atoms with Crippen LogP contribution in [0.4, 0.5) is 4.79 Å². The Morgan fingerprint density at radius 1 is 1.20 bits per heavy atom. The maximum Gasteiger partial charge on any atom is 0.318 e. The summed E-state index contributed by atoms with van der Waals surface area (Å²) < 4.78 is 5.89. The molecule has 0 unspecified atom stereocenters. The lowest BCUT2D eigenvalue weighted by Crippen LogP contribution is -2.48. The van der Waals surface area contributed by atoms with Crippen molar-refractivity contribution in [1.29, 1.82) is 0 Å². The number of nitrogens with one attached hydrogen (secondary N) is 2. The summed E-state index contributed by atoms with van der Waals surface area (Å²) in [4.78, 5) is 14.9. The van der Waals surface area contributed by atoms with Crippen LogP contribution in [0, 0.1) is 0 Å². The standard InChI is InChI=1S/C19H24N4O2/c24-19(23-10-5-4-8-17(23)15-12-20-21-13-15)22-16-9-11-25-18(16)14-6-2-1-3-7-14/h1-3,6-7,12-13,16-18H,4-5,8-11H2,(H,20,21)(H,22,24)/t16-,17-,18-/m1/s1. The van der Waals surface area contributed by atoms with Gasteiger partial charge in [0.15, 0.2) is 0 Å². The molecule has 2 aromatic rings. The van der Waals surface area contributed by atoms with E-state index >= 15 is 0 Å². The molecule has 2 saturated heterocycles. The Morgan fingerprint density at radius 3 is 2.88 bits per heavy atom. The molecule has 1 aromatic carbocycles. The van der Waals surface area contributed by atoms with Crippen LogP contribution in [0.3, 0.4) is 0 Å². The van der Waals surface area contributed by atoms with Crippen LogP contribution in [0.1, 0.15) is 49.0 Å². The van der Waals surface area contributed by atoms with E-state index in [1.807, 2.05) is 35.5 Å². The fourth-order valence-electron chi connectivity index (χ4n) is 3.91. The van der Waals surface area contributed by atoms with Crippen LogP contribution < -0.4 is 5.32 Å². The summed E-state index contributed by atoms with van der Waals surface area (Å²) in [6.07, 6.45) is 7.65. The summed E-state index contributed by atoms with van der Waals surface area (Å²) in [7, 11) is 0. The van der Waals surface area contributed by atoms with Crippen LogP contribution >= 0.6 is 0 Å². The van der Waals surface area contributed by atoms with Gasteiger partial charge < -0.3 is 15.0 Å². The Kier molecular flexibility index (Phi) is 4.70. The first kappa shape index (κ1) is 16.1. The molecule has 2 N–H and O–H groups in total. The van der Waals surface area contributed by atoms with Crippen LogP contribution in [-0.2, 0) is 4.74 Å². The molecule has 2 amide bonds. The zero-order valence-electron chi connectivity index (χ0n) is 14.2. The second-order valence-corrected chi connectivity index (χ2v) is 6.78. The number of benzene rings is 1. The zero-order chi connectivity index (χ0) is 17.1. The highest BCUT2D eigenvalue weighted by Gasteiger charge is 2.34. The number of urea groups is 1. The highest BCUT2D eigenvalue weighted by atomic mass is 16.5. The Labute approximate surface area is 147 Å². The van der Waals surface area contributed by atoms with E-state index in [4.69, 9.17) is 4.74 Å². The largest absolute Gasteiger partial charge is 0.371 e. The second-order valence-electron chi connectivity index (χ2n) is 6.78. The number of piperidine rings is 1. The molecule has 0 saturated carbocycles. The summed E-state index contributed by atoms with van der Waals surface area (Å²) >= 11 is 0. The summed E-state index contributed by atoms with van der Waals surface area (Å²) in [5, 5.41) is 10.1. The Hall–Kier alpha value is -2.34. The van der Waals surface area contributed by atoms with E-state index in [9.17, 15) is 4.79 Å². The van der Waals surface area contributed by atoms with Crippen molar-refractivity contribution in [2.24, 2.45) is 0 Å². The lowest BCUT2D eigenvalue weighted by Gasteiger charge is -2.36. The van der Waals surface area contributed by atoms with Gasteiger partial charge in [-0.15, -0.1) is 0 Å². The Balaban J connectivity index is 1.47. The SMILES string of the molecule is O=C(N[C@@H]1CCO[C@@H]1c1ccccc1)N1CCCC[C@@H]1c1cn[nH]c1. The molecule has 25 heavy (non-hydrogen) atoms. The average molecular weight is 340 g/mol. The predicted molar refractivity (Wildman–Crippen MR) is 94.0 cm³/mol. The summed E-state index contributed by atoms with van der Waals surface area (Å²) in [6.45, 7) is 1.46. The van der Waals surface area contributed by atoms with E-state index < -0.39 is 0 Å². The maximum atomic E-state index is 13.0. The topological polar surface area (TPSA) is 70.2 Å².